The molecule has 36 heavy (non-hydrogen) atoms. The molecule has 7 nitrogen and oxygen atoms in total. The molecule has 1 aliphatic rings. The summed E-state index contributed by atoms with van der Waals surface area (Å²) in [6.45, 7) is 10.2. The highest BCUT2D eigenvalue weighted by Crippen LogP contribution is 2.50. The average molecular weight is 503 g/mol. The summed E-state index contributed by atoms with van der Waals surface area (Å²) >= 11 is 1.07. The lowest BCUT2D eigenvalue weighted by molar-refractivity contribution is -0.108. The van der Waals surface area contributed by atoms with Crippen molar-refractivity contribution in [1.82, 2.24) is 9.97 Å². The van der Waals surface area contributed by atoms with Gasteiger partial charge in [0.1, 0.15) is 10.8 Å². The molecule has 186 valence electrons. The minimum atomic E-state index is -0.517. The van der Waals surface area contributed by atoms with E-state index in [1.165, 1.54) is 0 Å². The van der Waals surface area contributed by atoms with E-state index in [0.29, 0.717) is 34.4 Å². The average Bonchev–Trinajstić information content (AvgIpc) is 2.91. The van der Waals surface area contributed by atoms with Crippen LogP contribution in [0, 0.1) is 18.3 Å². The lowest BCUT2D eigenvalue weighted by Gasteiger charge is -2.32. The van der Waals surface area contributed by atoms with E-state index in [4.69, 9.17) is 9.47 Å². The Morgan fingerprint density at radius 3 is 2.61 bits per heavy atom. The number of pyridine rings is 2. The van der Waals surface area contributed by atoms with E-state index in [2.05, 4.69) is 21.4 Å². The van der Waals surface area contributed by atoms with Crippen LogP contribution >= 0.6 is 11.8 Å². The fourth-order valence-corrected chi connectivity index (χ4v) is 4.90. The van der Waals surface area contributed by atoms with Gasteiger partial charge in [-0.1, -0.05) is 26.0 Å². The molecule has 0 fully saturated rings. The molecule has 1 N–H and O–H groups in total. The number of anilines is 1. The molecule has 0 saturated carbocycles. The molecule has 1 unspecified atom stereocenters. The number of carbonyl (C=O) groups is 1. The molecule has 0 aliphatic carbocycles. The van der Waals surface area contributed by atoms with Crippen molar-refractivity contribution < 1.29 is 14.3 Å². The first-order chi connectivity index (χ1) is 17.5. The van der Waals surface area contributed by atoms with E-state index in [1.54, 1.807) is 37.7 Å². The second-order valence-corrected chi connectivity index (χ2v) is 8.68. The van der Waals surface area contributed by atoms with Gasteiger partial charge in [-0.05, 0) is 62.4 Å². The number of nitriles is 1. The first kappa shape index (κ1) is 26.8. The Kier molecular flexibility index (Phi) is 9.09. The third-order valence-corrected chi connectivity index (χ3v) is 6.43. The van der Waals surface area contributed by atoms with Gasteiger partial charge in [0.25, 0.3) is 0 Å². The van der Waals surface area contributed by atoms with Gasteiger partial charge in [-0.15, -0.1) is 0 Å². The molecule has 0 saturated heterocycles. The maximum atomic E-state index is 13.7. The molecule has 4 rings (SSSR count). The summed E-state index contributed by atoms with van der Waals surface area (Å²) in [7, 11) is 1.56. The van der Waals surface area contributed by atoms with E-state index in [0.717, 1.165) is 39.8 Å². The van der Waals surface area contributed by atoms with Crippen LogP contribution in [-0.4, -0.2) is 28.8 Å². The molecule has 1 atom stereocenters. The molecule has 1 aromatic carbocycles. The molecule has 0 radical (unpaired) electrons. The second-order valence-electron chi connectivity index (χ2n) is 7.69. The number of benzene rings is 1. The number of ether oxygens (including phenoxy) is 2. The van der Waals surface area contributed by atoms with Crippen molar-refractivity contribution >= 4 is 22.6 Å². The van der Waals surface area contributed by atoms with Crippen molar-refractivity contribution in [2.45, 2.75) is 45.6 Å². The van der Waals surface area contributed by atoms with Gasteiger partial charge in [0, 0.05) is 29.2 Å². The normalized spacial score (nSPS) is 14.0. The van der Waals surface area contributed by atoms with E-state index in [-0.39, 0.29) is 5.12 Å². The van der Waals surface area contributed by atoms with Gasteiger partial charge in [-0.2, -0.15) is 5.26 Å². The second kappa shape index (κ2) is 12.2. The zero-order chi connectivity index (χ0) is 26.2. The molecular formula is C28H30N4O3S. The number of fused-ring (bicyclic) bond motifs is 1. The van der Waals surface area contributed by atoms with Crippen LogP contribution < -0.4 is 14.8 Å². The third kappa shape index (κ3) is 5.37. The monoisotopic (exact) mass is 502 g/mol. The predicted octanol–water partition coefficient (Wildman–Crippen LogP) is 6.24. The maximum Gasteiger partial charge on any atom is 0.224 e. The van der Waals surface area contributed by atoms with Gasteiger partial charge in [0.05, 0.1) is 42.5 Å². The van der Waals surface area contributed by atoms with Gasteiger partial charge in [-0.3, -0.25) is 4.79 Å². The molecule has 3 aromatic rings. The van der Waals surface area contributed by atoms with Gasteiger partial charge >= 0.3 is 0 Å². The van der Waals surface area contributed by atoms with E-state index in [9.17, 15) is 10.1 Å². The Bertz CT molecular complexity index is 1320. The van der Waals surface area contributed by atoms with Crippen LogP contribution in [0.25, 0.3) is 0 Å². The van der Waals surface area contributed by atoms with Crippen LogP contribution in [0.3, 0.4) is 0 Å². The van der Waals surface area contributed by atoms with Crippen molar-refractivity contribution in [2.75, 3.05) is 19.0 Å². The van der Waals surface area contributed by atoms with Crippen molar-refractivity contribution in [3.63, 3.8) is 0 Å². The van der Waals surface area contributed by atoms with Crippen LogP contribution in [-0.2, 0) is 4.79 Å². The maximum absolute atomic E-state index is 13.7. The predicted molar refractivity (Wildman–Crippen MR) is 142 cm³/mol. The molecule has 1 aliphatic heterocycles. The number of allylic oxidation sites excluding steroid dienone is 1. The number of hydrogen-bond acceptors (Lipinski definition) is 8. The van der Waals surface area contributed by atoms with Crippen molar-refractivity contribution in [3.8, 4) is 17.7 Å². The summed E-state index contributed by atoms with van der Waals surface area (Å²) < 4.78 is 11.6. The van der Waals surface area contributed by atoms with Crippen LogP contribution in [0.15, 0.2) is 65.1 Å². The van der Waals surface area contributed by atoms with Crippen molar-refractivity contribution in [1.29, 1.82) is 5.26 Å². The SMILES string of the molecule is CC.CCOc1ncc(C)c2c1C(c1ccc(C#N)cc1OC)C(C(=O)Sc1ccccn1)=C(C)N2. The molecule has 0 bridgehead atoms. The van der Waals surface area contributed by atoms with Crippen LogP contribution in [0.1, 0.15) is 55.9 Å². The molecule has 3 heterocycles. The highest BCUT2D eigenvalue weighted by molar-refractivity contribution is 8.14. The number of hydrogen-bond donors (Lipinski definition) is 1. The fraction of sp³-hybridized carbons (Fsp3) is 0.286. The first-order valence-corrected chi connectivity index (χ1v) is 12.6. The van der Waals surface area contributed by atoms with Gasteiger partial charge in [-0.25, -0.2) is 9.97 Å². The summed E-state index contributed by atoms with van der Waals surface area (Å²) in [6.07, 6.45) is 3.42. The lowest BCUT2D eigenvalue weighted by Crippen LogP contribution is -2.24. The van der Waals surface area contributed by atoms with Gasteiger partial charge in [0.15, 0.2) is 0 Å². The number of rotatable bonds is 6. The number of aryl methyl sites for hydroxylation is 1. The molecule has 0 amide bonds. The number of methoxy groups -OCH3 is 1. The largest absolute Gasteiger partial charge is 0.496 e. The Morgan fingerprint density at radius 2 is 1.97 bits per heavy atom. The van der Waals surface area contributed by atoms with Crippen LogP contribution in [0.2, 0.25) is 0 Å². The minimum absolute atomic E-state index is 0.144. The molecular weight excluding hydrogens is 472 g/mol. The van der Waals surface area contributed by atoms with Crippen LogP contribution in [0.4, 0.5) is 5.69 Å². The zero-order valence-electron chi connectivity index (χ0n) is 21.4. The highest BCUT2D eigenvalue weighted by atomic mass is 32.2. The summed E-state index contributed by atoms with van der Waals surface area (Å²) in [5.74, 6) is 0.450. The summed E-state index contributed by atoms with van der Waals surface area (Å²) in [4.78, 5) is 22.6. The summed E-state index contributed by atoms with van der Waals surface area (Å²) in [5, 5.41) is 13.3. The standard InChI is InChI=1S/C26H24N4O3S.C2H6/c1-5-33-25-23-22(18-10-9-17(13-27)12-19(18)32-4)21(16(3)30-24(23)15(2)14-29-25)26(31)34-20-8-6-7-11-28-20;1-2/h6-12,14,22,30H,5H2,1-4H3;1-2H3. The van der Waals surface area contributed by atoms with E-state index >= 15 is 0 Å². The Labute approximate surface area is 216 Å². The van der Waals surface area contributed by atoms with E-state index < -0.39 is 5.92 Å². The highest BCUT2D eigenvalue weighted by Gasteiger charge is 2.38. The molecule has 0 spiro atoms. The fourth-order valence-electron chi connectivity index (χ4n) is 4.07. The quantitative estimate of drug-likeness (QED) is 0.396. The molecule has 2 aromatic heterocycles. The zero-order valence-corrected chi connectivity index (χ0v) is 22.2. The Morgan fingerprint density at radius 1 is 1.19 bits per heavy atom. The number of carbonyl (C=O) groups excluding carboxylic acids is 1. The first-order valence-electron chi connectivity index (χ1n) is 11.8. The smallest absolute Gasteiger partial charge is 0.224 e. The number of aromatic nitrogens is 2. The van der Waals surface area contributed by atoms with Gasteiger partial charge < -0.3 is 14.8 Å². The third-order valence-electron chi connectivity index (χ3n) is 5.57. The lowest BCUT2D eigenvalue weighted by atomic mass is 9.80. The minimum Gasteiger partial charge on any atom is -0.496 e. The van der Waals surface area contributed by atoms with Crippen molar-refractivity contribution in [3.05, 3.63) is 82.3 Å². The topological polar surface area (TPSA) is 97.1 Å². The number of nitrogens with one attached hydrogen (secondary N) is 1. The summed E-state index contributed by atoms with van der Waals surface area (Å²) in [5.41, 5.74) is 5.06. The number of thioether (sulfide) groups is 1. The van der Waals surface area contributed by atoms with E-state index in [1.807, 2.05) is 52.8 Å². The van der Waals surface area contributed by atoms with Gasteiger partial charge in [0.2, 0.25) is 11.0 Å². The Hall–Kier alpha value is -3.83. The van der Waals surface area contributed by atoms with Crippen molar-refractivity contribution in [2.24, 2.45) is 0 Å². The number of nitrogens with zero attached hydrogens (tertiary/aromatic N) is 3. The van der Waals surface area contributed by atoms with Crippen LogP contribution in [0.5, 0.6) is 11.6 Å². The molecule has 8 heteroatoms. The summed E-state index contributed by atoms with van der Waals surface area (Å²) in [6, 6.07) is 12.9. The Balaban J connectivity index is 0.00000176.